The van der Waals surface area contributed by atoms with E-state index in [1.807, 2.05) is 0 Å². The summed E-state index contributed by atoms with van der Waals surface area (Å²) in [6.45, 7) is -0.329. The third-order valence-corrected chi connectivity index (χ3v) is 4.07. The standard InChI is InChI=1S/C14H17FN2O2/c15-11-7-10(6-5-9(11)8-18)17-13-4-2-1-3-12(13)16-14(17)19/h5-7,12-13,18H,1-4,8H2,(H,16,19)/t12-,13-/m0/s1. The minimum absolute atomic E-state index is 0.126. The van der Waals surface area contributed by atoms with Crippen LogP contribution in [0.1, 0.15) is 31.2 Å². The molecular formula is C14H17FN2O2. The van der Waals surface area contributed by atoms with Gasteiger partial charge in [-0.2, -0.15) is 0 Å². The van der Waals surface area contributed by atoms with Gasteiger partial charge in [-0.3, -0.25) is 4.90 Å². The molecule has 1 aliphatic carbocycles. The number of nitrogens with one attached hydrogen (secondary N) is 1. The second-order valence-electron chi connectivity index (χ2n) is 5.21. The van der Waals surface area contributed by atoms with Gasteiger partial charge in [0.2, 0.25) is 0 Å². The van der Waals surface area contributed by atoms with Gasteiger partial charge in [0.25, 0.3) is 0 Å². The molecule has 2 N–H and O–H groups in total. The Hall–Kier alpha value is -1.62. The molecule has 3 rings (SSSR count). The van der Waals surface area contributed by atoms with Crippen LogP contribution >= 0.6 is 0 Å². The number of halogens is 1. The number of hydrogen-bond acceptors (Lipinski definition) is 2. The largest absolute Gasteiger partial charge is 0.392 e. The third kappa shape index (κ3) is 2.08. The van der Waals surface area contributed by atoms with E-state index < -0.39 is 5.82 Å². The number of fused-ring (bicyclic) bond motifs is 1. The molecule has 0 aromatic heterocycles. The van der Waals surface area contributed by atoms with Crippen molar-refractivity contribution in [2.75, 3.05) is 4.90 Å². The number of aliphatic hydroxyl groups is 1. The van der Waals surface area contributed by atoms with Gasteiger partial charge < -0.3 is 10.4 Å². The number of urea groups is 1. The van der Waals surface area contributed by atoms with Crippen molar-refractivity contribution in [2.45, 2.75) is 44.4 Å². The lowest BCUT2D eigenvalue weighted by Crippen LogP contribution is -2.39. The molecule has 1 aliphatic heterocycles. The van der Waals surface area contributed by atoms with Gasteiger partial charge >= 0.3 is 6.03 Å². The van der Waals surface area contributed by atoms with E-state index in [1.54, 1.807) is 11.0 Å². The Labute approximate surface area is 111 Å². The fraction of sp³-hybridized carbons (Fsp3) is 0.500. The van der Waals surface area contributed by atoms with Gasteiger partial charge in [-0.05, 0) is 25.0 Å². The highest BCUT2D eigenvalue weighted by molar-refractivity contribution is 5.95. The lowest BCUT2D eigenvalue weighted by atomic mass is 9.91. The average Bonchev–Trinajstić information content (AvgIpc) is 2.74. The van der Waals surface area contributed by atoms with Crippen LogP contribution in [0.15, 0.2) is 18.2 Å². The lowest BCUT2D eigenvalue weighted by Gasteiger charge is -2.30. The molecular weight excluding hydrogens is 247 g/mol. The van der Waals surface area contributed by atoms with Crippen LogP contribution in [-0.4, -0.2) is 23.2 Å². The van der Waals surface area contributed by atoms with Crippen molar-refractivity contribution in [3.05, 3.63) is 29.6 Å². The number of nitrogens with zero attached hydrogens (tertiary/aromatic N) is 1. The van der Waals surface area contributed by atoms with Crippen molar-refractivity contribution in [2.24, 2.45) is 0 Å². The maximum absolute atomic E-state index is 13.7. The molecule has 4 nitrogen and oxygen atoms in total. The molecule has 1 saturated carbocycles. The summed E-state index contributed by atoms with van der Waals surface area (Å²) in [5, 5.41) is 11.9. The quantitative estimate of drug-likeness (QED) is 0.860. The zero-order valence-corrected chi connectivity index (χ0v) is 10.6. The van der Waals surface area contributed by atoms with Crippen LogP contribution in [0.5, 0.6) is 0 Å². The summed E-state index contributed by atoms with van der Waals surface area (Å²) in [6.07, 6.45) is 4.17. The number of hydrogen-bond donors (Lipinski definition) is 2. The summed E-state index contributed by atoms with van der Waals surface area (Å²) in [7, 11) is 0. The van der Waals surface area contributed by atoms with Crippen LogP contribution in [0.4, 0.5) is 14.9 Å². The first-order valence-electron chi connectivity index (χ1n) is 6.69. The zero-order chi connectivity index (χ0) is 13.4. The van der Waals surface area contributed by atoms with Crippen molar-refractivity contribution in [1.82, 2.24) is 5.32 Å². The number of carbonyl (C=O) groups is 1. The lowest BCUT2D eigenvalue weighted by molar-refractivity contribution is 0.250. The van der Waals surface area contributed by atoms with Crippen LogP contribution in [0.3, 0.4) is 0 Å². The Morgan fingerprint density at radius 2 is 2.16 bits per heavy atom. The number of rotatable bonds is 2. The zero-order valence-electron chi connectivity index (χ0n) is 10.6. The first-order chi connectivity index (χ1) is 9.20. The second-order valence-corrected chi connectivity index (χ2v) is 5.21. The number of benzene rings is 1. The van der Waals surface area contributed by atoms with Crippen molar-refractivity contribution in [1.29, 1.82) is 0 Å². The van der Waals surface area contributed by atoms with E-state index in [-0.39, 0.29) is 30.3 Å². The molecule has 1 aromatic rings. The van der Waals surface area contributed by atoms with E-state index in [0.29, 0.717) is 5.69 Å². The maximum atomic E-state index is 13.7. The highest BCUT2D eigenvalue weighted by atomic mass is 19.1. The molecule has 1 aromatic carbocycles. The van der Waals surface area contributed by atoms with Crippen LogP contribution in [0, 0.1) is 5.82 Å². The van der Waals surface area contributed by atoms with E-state index in [1.165, 1.54) is 12.1 Å². The second kappa shape index (κ2) is 4.81. The van der Waals surface area contributed by atoms with E-state index in [9.17, 15) is 9.18 Å². The van der Waals surface area contributed by atoms with Gasteiger partial charge in [-0.15, -0.1) is 0 Å². The maximum Gasteiger partial charge on any atom is 0.322 e. The van der Waals surface area contributed by atoms with Crippen LogP contribution in [-0.2, 0) is 6.61 Å². The Kier molecular flexibility index (Phi) is 3.14. The third-order valence-electron chi connectivity index (χ3n) is 4.07. The molecule has 102 valence electrons. The van der Waals surface area contributed by atoms with Gasteiger partial charge in [0.1, 0.15) is 5.82 Å². The minimum atomic E-state index is -0.466. The molecule has 2 amide bonds. The average molecular weight is 264 g/mol. The van der Waals surface area contributed by atoms with Crippen LogP contribution in [0.25, 0.3) is 0 Å². The highest BCUT2D eigenvalue weighted by Gasteiger charge is 2.41. The van der Waals surface area contributed by atoms with Gasteiger partial charge in [-0.1, -0.05) is 18.9 Å². The first kappa shape index (κ1) is 12.4. The Morgan fingerprint density at radius 3 is 2.89 bits per heavy atom. The molecule has 1 saturated heterocycles. The Balaban J connectivity index is 1.92. The SMILES string of the molecule is O=C1N[C@H]2CCCC[C@@H]2N1c1ccc(CO)c(F)c1. The summed E-state index contributed by atoms with van der Waals surface area (Å²) in [4.78, 5) is 13.7. The van der Waals surface area contributed by atoms with Crippen molar-refractivity contribution < 1.29 is 14.3 Å². The van der Waals surface area contributed by atoms with Gasteiger partial charge in [0, 0.05) is 11.3 Å². The van der Waals surface area contributed by atoms with E-state index in [2.05, 4.69) is 5.32 Å². The Bertz CT molecular complexity index is 506. The normalized spacial score (nSPS) is 26.2. The molecule has 0 radical (unpaired) electrons. The molecule has 0 bridgehead atoms. The monoisotopic (exact) mass is 264 g/mol. The van der Waals surface area contributed by atoms with E-state index in [4.69, 9.17) is 5.11 Å². The summed E-state index contributed by atoms with van der Waals surface area (Å²) < 4.78 is 13.7. The number of amides is 2. The fourth-order valence-electron chi connectivity index (χ4n) is 3.09. The molecule has 1 heterocycles. The summed E-state index contributed by atoms with van der Waals surface area (Å²) in [6, 6.07) is 4.73. The molecule has 2 aliphatic rings. The van der Waals surface area contributed by atoms with E-state index in [0.717, 1.165) is 25.7 Å². The molecule has 2 atom stereocenters. The topological polar surface area (TPSA) is 52.6 Å². The molecule has 19 heavy (non-hydrogen) atoms. The van der Waals surface area contributed by atoms with Gasteiger partial charge in [0.05, 0.1) is 18.7 Å². The van der Waals surface area contributed by atoms with Gasteiger partial charge in [-0.25, -0.2) is 9.18 Å². The fourth-order valence-corrected chi connectivity index (χ4v) is 3.09. The van der Waals surface area contributed by atoms with Crippen LogP contribution < -0.4 is 10.2 Å². The predicted octanol–water partition coefficient (Wildman–Crippen LogP) is 2.16. The smallest absolute Gasteiger partial charge is 0.322 e. The highest BCUT2D eigenvalue weighted by Crippen LogP contribution is 2.32. The molecule has 0 spiro atoms. The Morgan fingerprint density at radius 1 is 1.37 bits per heavy atom. The molecule has 0 unspecified atom stereocenters. The number of carbonyl (C=O) groups excluding carboxylic acids is 1. The number of anilines is 1. The van der Waals surface area contributed by atoms with Crippen molar-refractivity contribution >= 4 is 11.7 Å². The predicted molar refractivity (Wildman–Crippen MR) is 69.4 cm³/mol. The van der Waals surface area contributed by atoms with Crippen molar-refractivity contribution in [3.63, 3.8) is 0 Å². The summed E-state index contributed by atoms with van der Waals surface area (Å²) >= 11 is 0. The van der Waals surface area contributed by atoms with Gasteiger partial charge in [0.15, 0.2) is 0 Å². The van der Waals surface area contributed by atoms with E-state index >= 15 is 0 Å². The summed E-state index contributed by atoms with van der Waals surface area (Å²) in [5.41, 5.74) is 0.824. The summed E-state index contributed by atoms with van der Waals surface area (Å²) in [5.74, 6) is -0.466. The number of aliphatic hydroxyl groups excluding tert-OH is 1. The molecule has 5 heteroatoms. The van der Waals surface area contributed by atoms with Crippen molar-refractivity contribution in [3.8, 4) is 0 Å². The minimum Gasteiger partial charge on any atom is -0.392 e. The molecule has 2 fully saturated rings. The first-order valence-corrected chi connectivity index (χ1v) is 6.69. The van der Waals surface area contributed by atoms with Crippen LogP contribution in [0.2, 0.25) is 0 Å².